The minimum Gasteiger partial charge on any atom is -0.441 e. The molecule has 3 aromatic rings. The van der Waals surface area contributed by atoms with E-state index in [1.54, 1.807) is 18.4 Å². The molecule has 3 rings (SSSR count). The van der Waals surface area contributed by atoms with E-state index in [-0.39, 0.29) is 4.90 Å². The molecular weight excluding hydrogens is 286 g/mol. The van der Waals surface area contributed by atoms with E-state index in [9.17, 15) is 8.42 Å². The Morgan fingerprint density at radius 2 is 2.21 bits per heavy atom. The van der Waals surface area contributed by atoms with Gasteiger partial charge in [-0.05, 0) is 18.2 Å². The number of fused-ring (bicyclic) bond motifs is 1. The van der Waals surface area contributed by atoms with Gasteiger partial charge in [-0.3, -0.25) is 4.72 Å². The highest BCUT2D eigenvalue weighted by atomic mass is 32.2. The number of hydrogen-bond acceptors (Lipinski definition) is 6. The molecule has 2 aromatic heterocycles. The van der Waals surface area contributed by atoms with Crippen LogP contribution in [0.1, 0.15) is 5.89 Å². The number of nitrogens with one attached hydrogen (secondary N) is 1. The molecule has 0 saturated heterocycles. The molecule has 0 aliphatic heterocycles. The molecule has 2 heterocycles. The first kappa shape index (κ1) is 12.1. The summed E-state index contributed by atoms with van der Waals surface area (Å²) in [5.74, 6) is 0.498. The van der Waals surface area contributed by atoms with Crippen molar-refractivity contribution in [2.24, 2.45) is 0 Å². The van der Waals surface area contributed by atoms with Crippen molar-refractivity contribution in [1.82, 2.24) is 9.97 Å². The first-order chi connectivity index (χ1) is 9.04. The van der Waals surface area contributed by atoms with E-state index in [1.165, 1.54) is 29.7 Å². The zero-order valence-electron chi connectivity index (χ0n) is 9.82. The van der Waals surface area contributed by atoms with E-state index in [4.69, 9.17) is 4.42 Å². The highest BCUT2D eigenvalue weighted by Crippen LogP contribution is 2.22. The van der Waals surface area contributed by atoms with Gasteiger partial charge in [-0.2, -0.15) is 0 Å². The fourth-order valence-corrected chi connectivity index (χ4v) is 3.45. The monoisotopic (exact) mass is 295 g/mol. The van der Waals surface area contributed by atoms with Crippen molar-refractivity contribution in [2.45, 2.75) is 11.8 Å². The van der Waals surface area contributed by atoms with Gasteiger partial charge in [0, 0.05) is 18.5 Å². The van der Waals surface area contributed by atoms with Crippen LogP contribution in [-0.2, 0) is 10.0 Å². The Morgan fingerprint density at radius 3 is 2.95 bits per heavy atom. The predicted molar refractivity (Wildman–Crippen MR) is 71.7 cm³/mol. The van der Waals surface area contributed by atoms with Crippen molar-refractivity contribution in [1.29, 1.82) is 0 Å². The number of benzene rings is 1. The maximum atomic E-state index is 12.1. The third-order valence-electron chi connectivity index (χ3n) is 2.43. The number of sulfonamides is 1. The molecule has 98 valence electrons. The molecule has 0 saturated carbocycles. The van der Waals surface area contributed by atoms with E-state index in [2.05, 4.69) is 14.7 Å². The van der Waals surface area contributed by atoms with E-state index in [0.717, 1.165) is 0 Å². The molecule has 1 aromatic carbocycles. The van der Waals surface area contributed by atoms with Crippen molar-refractivity contribution in [2.75, 3.05) is 4.72 Å². The van der Waals surface area contributed by atoms with Crippen molar-refractivity contribution < 1.29 is 12.8 Å². The van der Waals surface area contributed by atoms with Gasteiger partial charge in [-0.15, -0.1) is 11.3 Å². The van der Waals surface area contributed by atoms with Crippen molar-refractivity contribution in [3.05, 3.63) is 35.7 Å². The Labute approximate surface area is 113 Å². The average molecular weight is 295 g/mol. The highest BCUT2D eigenvalue weighted by Gasteiger charge is 2.17. The van der Waals surface area contributed by atoms with Crippen LogP contribution in [0.3, 0.4) is 0 Å². The Kier molecular flexibility index (Phi) is 2.76. The first-order valence-corrected chi connectivity index (χ1v) is 7.70. The van der Waals surface area contributed by atoms with Crippen molar-refractivity contribution in [3.8, 4) is 0 Å². The van der Waals surface area contributed by atoms with Crippen LogP contribution in [0, 0.1) is 6.92 Å². The summed E-state index contributed by atoms with van der Waals surface area (Å²) in [5, 5.41) is 2.03. The zero-order valence-corrected chi connectivity index (χ0v) is 11.5. The molecule has 0 bridgehead atoms. The van der Waals surface area contributed by atoms with E-state index >= 15 is 0 Å². The number of aromatic nitrogens is 2. The van der Waals surface area contributed by atoms with Gasteiger partial charge in [0.2, 0.25) is 0 Å². The molecule has 8 heteroatoms. The van der Waals surface area contributed by atoms with Gasteiger partial charge in [-0.25, -0.2) is 18.4 Å². The second kappa shape index (κ2) is 4.32. The molecule has 0 aliphatic rings. The number of hydrogen-bond donors (Lipinski definition) is 1. The summed E-state index contributed by atoms with van der Waals surface area (Å²) in [6, 6.07) is 4.54. The van der Waals surface area contributed by atoms with Gasteiger partial charge in [0.1, 0.15) is 5.52 Å². The summed E-state index contributed by atoms with van der Waals surface area (Å²) in [6.07, 6.45) is 1.53. The molecule has 0 aliphatic carbocycles. The number of thiazole rings is 1. The number of oxazole rings is 1. The van der Waals surface area contributed by atoms with Crippen LogP contribution in [0.5, 0.6) is 0 Å². The van der Waals surface area contributed by atoms with Crippen molar-refractivity contribution >= 4 is 37.6 Å². The number of anilines is 1. The summed E-state index contributed by atoms with van der Waals surface area (Å²) >= 11 is 1.22. The molecule has 0 radical (unpaired) electrons. The fourth-order valence-electron chi connectivity index (χ4n) is 1.64. The number of aryl methyl sites for hydroxylation is 1. The SMILES string of the molecule is Cc1nc2cc(S(=O)(=O)Nc3nccs3)ccc2o1. The van der Waals surface area contributed by atoms with Gasteiger partial charge >= 0.3 is 0 Å². The highest BCUT2D eigenvalue weighted by molar-refractivity contribution is 7.93. The minimum absolute atomic E-state index is 0.128. The van der Waals surface area contributed by atoms with E-state index in [0.29, 0.717) is 22.1 Å². The van der Waals surface area contributed by atoms with Gasteiger partial charge in [0.15, 0.2) is 16.6 Å². The summed E-state index contributed by atoms with van der Waals surface area (Å²) in [5.41, 5.74) is 1.07. The van der Waals surface area contributed by atoms with Crippen LogP contribution in [0.2, 0.25) is 0 Å². The zero-order chi connectivity index (χ0) is 13.5. The molecule has 0 amide bonds. The van der Waals surface area contributed by atoms with Crippen LogP contribution in [0.25, 0.3) is 11.1 Å². The predicted octanol–water partition coefficient (Wildman–Crippen LogP) is 2.39. The molecule has 0 fully saturated rings. The molecule has 0 atom stereocenters. The summed E-state index contributed by atoms with van der Waals surface area (Å²) in [4.78, 5) is 8.13. The Hall–Kier alpha value is -1.93. The maximum Gasteiger partial charge on any atom is 0.263 e. The molecule has 0 unspecified atom stereocenters. The standard InChI is InChI=1S/C11H9N3O3S2/c1-7-13-9-6-8(2-3-10(9)17-7)19(15,16)14-11-12-4-5-18-11/h2-6H,1H3,(H,12,14). The van der Waals surface area contributed by atoms with Crippen LogP contribution in [-0.4, -0.2) is 18.4 Å². The summed E-state index contributed by atoms with van der Waals surface area (Å²) < 4.78 is 32.0. The summed E-state index contributed by atoms with van der Waals surface area (Å²) in [7, 11) is -3.65. The van der Waals surface area contributed by atoms with E-state index < -0.39 is 10.0 Å². The third-order valence-corrected chi connectivity index (χ3v) is 4.58. The van der Waals surface area contributed by atoms with Gasteiger partial charge in [0.05, 0.1) is 4.90 Å². The average Bonchev–Trinajstić information content (AvgIpc) is 2.95. The second-order valence-electron chi connectivity index (χ2n) is 3.81. The number of nitrogens with zero attached hydrogens (tertiary/aromatic N) is 2. The topological polar surface area (TPSA) is 85.1 Å². The number of rotatable bonds is 3. The van der Waals surface area contributed by atoms with Crippen LogP contribution in [0.4, 0.5) is 5.13 Å². The largest absolute Gasteiger partial charge is 0.441 e. The minimum atomic E-state index is -3.65. The lowest BCUT2D eigenvalue weighted by Gasteiger charge is -2.04. The van der Waals surface area contributed by atoms with Gasteiger partial charge in [-0.1, -0.05) is 0 Å². The molecular formula is C11H9N3O3S2. The lowest BCUT2D eigenvalue weighted by atomic mass is 10.3. The summed E-state index contributed by atoms with van der Waals surface area (Å²) in [6.45, 7) is 1.71. The van der Waals surface area contributed by atoms with Gasteiger partial charge < -0.3 is 4.42 Å². The quantitative estimate of drug-likeness (QED) is 0.802. The van der Waals surface area contributed by atoms with Gasteiger partial charge in [0.25, 0.3) is 10.0 Å². The van der Waals surface area contributed by atoms with Crippen molar-refractivity contribution in [3.63, 3.8) is 0 Å². The Bertz CT molecular complexity index is 822. The fraction of sp³-hybridized carbons (Fsp3) is 0.0909. The Morgan fingerprint density at radius 1 is 1.37 bits per heavy atom. The maximum absolute atomic E-state index is 12.1. The normalized spacial score (nSPS) is 11.8. The van der Waals surface area contributed by atoms with Crippen LogP contribution >= 0.6 is 11.3 Å². The van der Waals surface area contributed by atoms with Crippen LogP contribution < -0.4 is 4.72 Å². The first-order valence-electron chi connectivity index (χ1n) is 5.34. The lowest BCUT2D eigenvalue weighted by molar-refractivity contribution is 0.561. The van der Waals surface area contributed by atoms with E-state index in [1.807, 2.05) is 0 Å². The van der Waals surface area contributed by atoms with Crippen LogP contribution in [0.15, 0.2) is 39.1 Å². The molecule has 1 N–H and O–H groups in total. The second-order valence-corrected chi connectivity index (χ2v) is 6.38. The molecule has 0 spiro atoms. The Balaban J connectivity index is 2.02. The lowest BCUT2D eigenvalue weighted by Crippen LogP contribution is -2.12. The molecule has 6 nitrogen and oxygen atoms in total. The smallest absolute Gasteiger partial charge is 0.263 e. The molecule has 19 heavy (non-hydrogen) atoms. The third kappa shape index (κ3) is 2.32.